The first-order valence-corrected chi connectivity index (χ1v) is 5.80. The monoisotopic (exact) mass is 211 g/mol. The van der Waals surface area contributed by atoms with Crippen molar-refractivity contribution in [3.05, 3.63) is 12.2 Å². The molecule has 1 rings (SSSR count). The summed E-state index contributed by atoms with van der Waals surface area (Å²) in [4.78, 5) is 11.8. The molecule has 0 radical (unpaired) electrons. The van der Waals surface area contributed by atoms with E-state index < -0.39 is 0 Å². The Balaban J connectivity index is 2.26. The summed E-state index contributed by atoms with van der Waals surface area (Å²) >= 11 is 0. The Kier molecular flexibility index (Phi) is 5.40. The lowest BCUT2D eigenvalue weighted by Crippen LogP contribution is -2.35. The van der Waals surface area contributed by atoms with E-state index in [0.29, 0.717) is 0 Å². The third kappa shape index (κ3) is 3.67. The highest BCUT2D eigenvalue weighted by molar-refractivity contribution is 5.79. The van der Waals surface area contributed by atoms with Crippen LogP contribution in [0.3, 0.4) is 0 Å². The van der Waals surface area contributed by atoms with Gasteiger partial charge in [0.15, 0.2) is 0 Å². The molecule has 1 saturated heterocycles. The van der Waals surface area contributed by atoms with Crippen LogP contribution in [0.4, 0.5) is 0 Å². The van der Waals surface area contributed by atoms with E-state index >= 15 is 0 Å². The molecule has 3 heteroatoms. The Morgan fingerprint density at radius 1 is 1.60 bits per heavy atom. The van der Waals surface area contributed by atoms with Crippen LogP contribution in [-0.2, 0) is 9.53 Å². The normalized spacial score (nSPS) is 26.0. The predicted molar refractivity (Wildman–Crippen MR) is 60.6 cm³/mol. The SMILES string of the molecule is C/C=C/CCNC(=O)C1CCOC1CC. The van der Waals surface area contributed by atoms with Crippen molar-refractivity contribution in [3.8, 4) is 0 Å². The van der Waals surface area contributed by atoms with Gasteiger partial charge < -0.3 is 10.1 Å². The second-order valence-corrected chi connectivity index (χ2v) is 3.86. The molecular formula is C12H21NO2. The van der Waals surface area contributed by atoms with Crippen LogP contribution >= 0.6 is 0 Å². The Morgan fingerprint density at radius 3 is 3.07 bits per heavy atom. The number of hydrogen-bond donors (Lipinski definition) is 1. The van der Waals surface area contributed by atoms with Gasteiger partial charge in [-0.2, -0.15) is 0 Å². The van der Waals surface area contributed by atoms with Crippen LogP contribution in [-0.4, -0.2) is 25.2 Å². The summed E-state index contributed by atoms with van der Waals surface area (Å²) in [5, 5.41) is 2.95. The van der Waals surface area contributed by atoms with Gasteiger partial charge in [-0.3, -0.25) is 4.79 Å². The van der Waals surface area contributed by atoms with Gasteiger partial charge in [0.2, 0.25) is 5.91 Å². The van der Waals surface area contributed by atoms with E-state index in [1.807, 2.05) is 13.0 Å². The number of nitrogens with one attached hydrogen (secondary N) is 1. The molecule has 1 aliphatic rings. The molecule has 0 aromatic carbocycles. The Morgan fingerprint density at radius 2 is 2.40 bits per heavy atom. The van der Waals surface area contributed by atoms with Gasteiger partial charge in [0.05, 0.1) is 12.0 Å². The van der Waals surface area contributed by atoms with E-state index in [2.05, 4.69) is 18.3 Å². The van der Waals surface area contributed by atoms with Crippen molar-refractivity contribution in [1.29, 1.82) is 0 Å². The molecule has 1 fully saturated rings. The van der Waals surface area contributed by atoms with Crippen LogP contribution in [0, 0.1) is 5.92 Å². The highest BCUT2D eigenvalue weighted by atomic mass is 16.5. The highest BCUT2D eigenvalue weighted by Gasteiger charge is 2.32. The van der Waals surface area contributed by atoms with Gasteiger partial charge in [-0.1, -0.05) is 19.1 Å². The van der Waals surface area contributed by atoms with Crippen LogP contribution in [0.2, 0.25) is 0 Å². The van der Waals surface area contributed by atoms with Crippen molar-refractivity contribution in [2.45, 2.75) is 39.2 Å². The number of rotatable bonds is 5. The van der Waals surface area contributed by atoms with Gasteiger partial charge in [-0.05, 0) is 26.2 Å². The number of allylic oxidation sites excluding steroid dienone is 1. The number of ether oxygens (including phenoxy) is 1. The van der Waals surface area contributed by atoms with Gasteiger partial charge in [0.25, 0.3) is 0 Å². The minimum atomic E-state index is 0.0700. The van der Waals surface area contributed by atoms with Crippen molar-refractivity contribution in [2.75, 3.05) is 13.2 Å². The zero-order chi connectivity index (χ0) is 11.1. The molecule has 1 heterocycles. The van der Waals surface area contributed by atoms with Crippen LogP contribution in [0.1, 0.15) is 33.1 Å². The third-order valence-electron chi connectivity index (χ3n) is 2.79. The quantitative estimate of drug-likeness (QED) is 0.557. The second-order valence-electron chi connectivity index (χ2n) is 3.86. The lowest BCUT2D eigenvalue weighted by molar-refractivity contribution is -0.126. The summed E-state index contributed by atoms with van der Waals surface area (Å²) in [5.74, 6) is 0.226. The lowest BCUT2D eigenvalue weighted by atomic mass is 9.99. The molecule has 15 heavy (non-hydrogen) atoms. The highest BCUT2D eigenvalue weighted by Crippen LogP contribution is 2.23. The van der Waals surface area contributed by atoms with Crippen molar-refractivity contribution < 1.29 is 9.53 Å². The summed E-state index contributed by atoms with van der Waals surface area (Å²) in [6.07, 6.45) is 6.89. The van der Waals surface area contributed by atoms with E-state index in [-0.39, 0.29) is 17.9 Å². The lowest BCUT2D eigenvalue weighted by Gasteiger charge is -2.15. The fourth-order valence-corrected chi connectivity index (χ4v) is 1.93. The maximum absolute atomic E-state index is 11.8. The fourth-order valence-electron chi connectivity index (χ4n) is 1.93. The Hall–Kier alpha value is -0.830. The van der Waals surface area contributed by atoms with E-state index in [4.69, 9.17) is 4.74 Å². The minimum Gasteiger partial charge on any atom is -0.377 e. The molecule has 1 N–H and O–H groups in total. The number of carbonyl (C=O) groups excluding carboxylic acids is 1. The van der Waals surface area contributed by atoms with Crippen molar-refractivity contribution >= 4 is 5.91 Å². The molecule has 0 saturated carbocycles. The van der Waals surface area contributed by atoms with Crippen LogP contribution in [0.15, 0.2) is 12.2 Å². The Labute approximate surface area is 91.9 Å². The zero-order valence-electron chi connectivity index (χ0n) is 9.66. The number of carbonyl (C=O) groups is 1. The summed E-state index contributed by atoms with van der Waals surface area (Å²) < 4.78 is 5.49. The number of hydrogen-bond acceptors (Lipinski definition) is 2. The van der Waals surface area contributed by atoms with Crippen LogP contribution in [0.25, 0.3) is 0 Å². The van der Waals surface area contributed by atoms with Crippen LogP contribution in [0.5, 0.6) is 0 Å². The zero-order valence-corrected chi connectivity index (χ0v) is 9.66. The fraction of sp³-hybridized carbons (Fsp3) is 0.750. The molecule has 3 nitrogen and oxygen atoms in total. The predicted octanol–water partition coefficient (Wildman–Crippen LogP) is 1.88. The van der Waals surface area contributed by atoms with Gasteiger partial charge in [0, 0.05) is 13.2 Å². The largest absolute Gasteiger partial charge is 0.377 e. The summed E-state index contributed by atoms with van der Waals surface area (Å²) in [6, 6.07) is 0. The molecule has 0 aromatic heterocycles. The van der Waals surface area contributed by atoms with Gasteiger partial charge in [0.1, 0.15) is 0 Å². The van der Waals surface area contributed by atoms with Crippen molar-refractivity contribution in [3.63, 3.8) is 0 Å². The van der Waals surface area contributed by atoms with Crippen LogP contribution < -0.4 is 5.32 Å². The number of amides is 1. The molecular weight excluding hydrogens is 190 g/mol. The van der Waals surface area contributed by atoms with Crippen molar-refractivity contribution in [1.82, 2.24) is 5.32 Å². The van der Waals surface area contributed by atoms with E-state index in [9.17, 15) is 4.79 Å². The minimum absolute atomic E-state index is 0.0700. The first kappa shape index (κ1) is 12.2. The Bertz CT molecular complexity index is 226. The summed E-state index contributed by atoms with van der Waals surface area (Å²) in [7, 11) is 0. The maximum atomic E-state index is 11.8. The standard InChI is InChI=1S/C12H21NO2/c1-3-5-6-8-13-12(14)10-7-9-15-11(10)4-2/h3,5,10-11H,4,6-9H2,1-2H3,(H,13,14)/b5-3+. The maximum Gasteiger partial charge on any atom is 0.225 e. The summed E-state index contributed by atoms with van der Waals surface area (Å²) in [5.41, 5.74) is 0. The van der Waals surface area contributed by atoms with E-state index in [1.54, 1.807) is 0 Å². The smallest absolute Gasteiger partial charge is 0.225 e. The van der Waals surface area contributed by atoms with E-state index in [1.165, 1.54) is 0 Å². The molecule has 0 spiro atoms. The average molecular weight is 211 g/mol. The average Bonchev–Trinajstić information content (AvgIpc) is 2.72. The molecule has 2 atom stereocenters. The first-order valence-electron chi connectivity index (χ1n) is 5.80. The van der Waals surface area contributed by atoms with Gasteiger partial charge in [-0.15, -0.1) is 0 Å². The summed E-state index contributed by atoms with van der Waals surface area (Å²) in [6.45, 7) is 5.51. The molecule has 2 unspecified atom stereocenters. The third-order valence-corrected chi connectivity index (χ3v) is 2.79. The van der Waals surface area contributed by atoms with Gasteiger partial charge in [-0.25, -0.2) is 0 Å². The first-order chi connectivity index (χ1) is 7.29. The van der Waals surface area contributed by atoms with Crippen molar-refractivity contribution in [2.24, 2.45) is 5.92 Å². The second kappa shape index (κ2) is 6.62. The topological polar surface area (TPSA) is 38.3 Å². The molecule has 0 aromatic rings. The molecule has 0 aliphatic carbocycles. The molecule has 86 valence electrons. The molecule has 1 aliphatic heterocycles. The van der Waals surface area contributed by atoms with E-state index in [0.717, 1.165) is 32.4 Å². The molecule has 1 amide bonds. The van der Waals surface area contributed by atoms with Gasteiger partial charge >= 0.3 is 0 Å². The molecule has 0 bridgehead atoms.